The molecule has 0 saturated heterocycles. The van der Waals surface area contributed by atoms with Crippen LogP contribution in [0.4, 0.5) is 0 Å². The van der Waals surface area contributed by atoms with E-state index < -0.39 is 0 Å². The first-order chi connectivity index (χ1) is 6.67. The molecule has 0 fully saturated rings. The van der Waals surface area contributed by atoms with Gasteiger partial charge in [-0.2, -0.15) is 5.10 Å². The van der Waals surface area contributed by atoms with E-state index in [-0.39, 0.29) is 0 Å². The fourth-order valence-corrected chi connectivity index (χ4v) is 1.77. The van der Waals surface area contributed by atoms with Crippen LogP contribution in [0.3, 0.4) is 0 Å². The zero-order chi connectivity index (χ0) is 10.6. The quantitative estimate of drug-likeness (QED) is 0.775. The van der Waals surface area contributed by atoms with Gasteiger partial charge in [0, 0.05) is 24.7 Å². The molecule has 1 unspecified atom stereocenters. The van der Waals surface area contributed by atoms with Gasteiger partial charge >= 0.3 is 0 Å². The van der Waals surface area contributed by atoms with Crippen LogP contribution in [0.2, 0.25) is 0 Å². The van der Waals surface area contributed by atoms with E-state index in [1.807, 2.05) is 6.92 Å². The maximum Gasteiger partial charge on any atom is 0.0596 e. The van der Waals surface area contributed by atoms with Crippen molar-refractivity contribution in [3.63, 3.8) is 0 Å². The first-order valence-electron chi connectivity index (χ1n) is 5.44. The van der Waals surface area contributed by atoms with Gasteiger partial charge in [-0.1, -0.05) is 6.92 Å². The van der Waals surface area contributed by atoms with Crippen molar-refractivity contribution < 1.29 is 0 Å². The number of nitrogens with one attached hydrogen (secondary N) is 1. The fourth-order valence-electron chi connectivity index (χ4n) is 1.77. The van der Waals surface area contributed by atoms with Crippen LogP contribution in [0.25, 0.3) is 0 Å². The lowest BCUT2D eigenvalue weighted by atomic mass is 10.1. The molecule has 0 amide bonds. The summed E-state index contributed by atoms with van der Waals surface area (Å²) in [6.45, 7) is 10.5. The number of rotatable bonds is 5. The second-order valence-electron chi connectivity index (χ2n) is 3.76. The largest absolute Gasteiger partial charge is 0.314 e. The molecule has 1 aromatic rings. The Labute approximate surface area is 86.5 Å². The van der Waals surface area contributed by atoms with E-state index >= 15 is 0 Å². The third-order valence-corrected chi connectivity index (χ3v) is 2.35. The van der Waals surface area contributed by atoms with Crippen molar-refractivity contribution in [2.45, 2.75) is 46.7 Å². The van der Waals surface area contributed by atoms with Gasteiger partial charge in [0.25, 0.3) is 0 Å². The summed E-state index contributed by atoms with van der Waals surface area (Å²) in [4.78, 5) is 0. The molecule has 0 aliphatic rings. The summed E-state index contributed by atoms with van der Waals surface area (Å²) >= 11 is 0. The molecular weight excluding hydrogens is 174 g/mol. The van der Waals surface area contributed by atoms with Gasteiger partial charge in [0.15, 0.2) is 0 Å². The van der Waals surface area contributed by atoms with Gasteiger partial charge in [-0.15, -0.1) is 0 Å². The average Bonchev–Trinajstić information content (AvgIpc) is 2.46. The monoisotopic (exact) mass is 195 g/mol. The Bertz CT molecular complexity index is 278. The maximum atomic E-state index is 4.43. The molecule has 3 nitrogen and oxygen atoms in total. The Morgan fingerprint density at radius 3 is 2.79 bits per heavy atom. The summed E-state index contributed by atoms with van der Waals surface area (Å²) in [6.07, 6.45) is 1.06. The second kappa shape index (κ2) is 5.15. The van der Waals surface area contributed by atoms with E-state index in [2.05, 4.69) is 41.9 Å². The van der Waals surface area contributed by atoms with Crippen LogP contribution in [0, 0.1) is 6.92 Å². The molecule has 3 heteroatoms. The van der Waals surface area contributed by atoms with E-state index in [1.165, 1.54) is 5.69 Å². The van der Waals surface area contributed by atoms with E-state index in [0.29, 0.717) is 6.04 Å². The summed E-state index contributed by atoms with van der Waals surface area (Å²) in [5.41, 5.74) is 2.45. The molecule has 0 aliphatic carbocycles. The molecule has 0 radical (unpaired) electrons. The molecule has 1 rings (SSSR count). The smallest absolute Gasteiger partial charge is 0.0596 e. The first-order valence-corrected chi connectivity index (χ1v) is 5.44. The van der Waals surface area contributed by atoms with E-state index in [1.54, 1.807) is 0 Å². The predicted octanol–water partition coefficient (Wildman–Crippen LogP) is 1.75. The SMILES string of the molecule is CCNC(C)Cc1cc(C)nn1CC. The van der Waals surface area contributed by atoms with Crippen LogP contribution >= 0.6 is 0 Å². The summed E-state index contributed by atoms with van der Waals surface area (Å²) in [5.74, 6) is 0. The molecule has 1 N–H and O–H groups in total. The third-order valence-electron chi connectivity index (χ3n) is 2.35. The lowest BCUT2D eigenvalue weighted by Crippen LogP contribution is -2.28. The predicted molar refractivity (Wildman–Crippen MR) is 59.5 cm³/mol. The molecule has 0 aliphatic heterocycles. The summed E-state index contributed by atoms with van der Waals surface area (Å²) in [5, 5.41) is 7.84. The van der Waals surface area contributed by atoms with Gasteiger partial charge < -0.3 is 5.32 Å². The Morgan fingerprint density at radius 2 is 2.21 bits per heavy atom. The van der Waals surface area contributed by atoms with Gasteiger partial charge in [0.1, 0.15) is 0 Å². The molecule has 1 heterocycles. The van der Waals surface area contributed by atoms with Crippen LogP contribution in [0.15, 0.2) is 6.07 Å². The van der Waals surface area contributed by atoms with Crippen molar-refractivity contribution in [3.8, 4) is 0 Å². The standard InChI is InChI=1S/C11H21N3/c1-5-12-9(3)7-11-8-10(4)13-14(11)6-2/h8-9,12H,5-7H2,1-4H3. The van der Waals surface area contributed by atoms with Gasteiger partial charge in [-0.25, -0.2) is 0 Å². The zero-order valence-corrected chi connectivity index (χ0v) is 9.67. The summed E-state index contributed by atoms with van der Waals surface area (Å²) < 4.78 is 2.09. The minimum absolute atomic E-state index is 0.529. The Morgan fingerprint density at radius 1 is 1.50 bits per heavy atom. The zero-order valence-electron chi connectivity index (χ0n) is 9.67. The first kappa shape index (κ1) is 11.2. The molecule has 0 bridgehead atoms. The number of aryl methyl sites for hydroxylation is 2. The van der Waals surface area contributed by atoms with Crippen LogP contribution < -0.4 is 5.32 Å². The van der Waals surface area contributed by atoms with Crippen molar-refractivity contribution >= 4 is 0 Å². The number of aromatic nitrogens is 2. The Balaban J connectivity index is 2.65. The summed E-state index contributed by atoms with van der Waals surface area (Å²) in [6, 6.07) is 2.71. The van der Waals surface area contributed by atoms with Gasteiger partial charge in [0.05, 0.1) is 5.69 Å². The average molecular weight is 195 g/mol. The molecule has 0 spiro atoms. The topological polar surface area (TPSA) is 29.9 Å². The molecule has 14 heavy (non-hydrogen) atoms. The van der Waals surface area contributed by atoms with Crippen molar-refractivity contribution in [1.29, 1.82) is 0 Å². The van der Waals surface area contributed by atoms with Crippen molar-refractivity contribution in [3.05, 3.63) is 17.5 Å². The Kier molecular flexibility index (Phi) is 4.14. The maximum absolute atomic E-state index is 4.43. The highest BCUT2D eigenvalue weighted by atomic mass is 15.3. The summed E-state index contributed by atoms with van der Waals surface area (Å²) in [7, 11) is 0. The highest BCUT2D eigenvalue weighted by molar-refractivity contribution is 5.10. The molecule has 1 atom stereocenters. The molecule has 80 valence electrons. The van der Waals surface area contributed by atoms with E-state index in [9.17, 15) is 0 Å². The second-order valence-corrected chi connectivity index (χ2v) is 3.76. The lowest BCUT2D eigenvalue weighted by Gasteiger charge is -2.12. The van der Waals surface area contributed by atoms with Gasteiger partial charge in [0.2, 0.25) is 0 Å². The van der Waals surface area contributed by atoms with Crippen molar-refractivity contribution in [2.24, 2.45) is 0 Å². The van der Waals surface area contributed by atoms with Crippen LogP contribution in [0.5, 0.6) is 0 Å². The van der Waals surface area contributed by atoms with Crippen molar-refractivity contribution in [2.75, 3.05) is 6.54 Å². The lowest BCUT2D eigenvalue weighted by molar-refractivity contribution is 0.528. The Hall–Kier alpha value is -0.830. The van der Waals surface area contributed by atoms with Gasteiger partial charge in [-0.3, -0.25) is 4.68 Å². The minimum atomic E-state index is 0.529. The third kappa shape index (κ3) is 2.84. The number of likely N-dealkylation sites (N-methyl/N-ethyl adjacent to an activating group) is 1. The number of hydrogen-bond acceptors (Lipinski definition) is 2. The highest BCUT2D eigenvalue weighted by Crippen LogP contribution is 2.06. The number of nitrogens with zero attached hydrogens (tertiary/aromatic N) is 2. The molecule has 1 aromatic heterocycles. The molecule has 0 aromatic carbocycles. The molecule has 0 saturated carbocycles. The van der Waals surface area contributed by atoms with Crippen molar-refractivity contribution in [1.82, 2.24) is 15.1 Å². The van der Waals surface area contributed by atoms with Gasteiger partial charge in [-0.05, 0) is 33.4 Å². The van der Waals surface area contributed by atoms with Crippen LogP contribution in [-0.2, 0) is 13.0 Å². The van der Waals surface area contributed by atoms with E-state index in [0.717, 1.165) is 25.2 Å². The normalized spacial score (nSPS) is 13.1. The fraction of sp³-hybridized carbons (Fsp3) is 0.727. The van der Waals surface area contributed by atoms with Crippen LogP contribution in [0.1, 0.15) is 32.2 Å². The number of hydrogen-bond donors (Lipinski definition) is 1. The molecular formula is C11H21N3. The van der Waals surface area contributed by atoms with Crippen LogP contribution in [-0.4, -0.2) is 22.4 Å². The van der Waals surface area contributed by atoms with E-state index in [4.69, 9.17) is 0 Å². The minimum Gasteiger partial charge on any atom is -0.314 e. The highest BCUT2D eigenvalue weighted by Gasteiger charge is 2.07.